The zero-order valence-electron chi connectivity index (χ0n) is 11.0. The molecule has 1 saturated carbocycles. The van der Waals surface area contributed by atoms with E-state index >= 15 is 0 Å². The fourth-order valence-corrected chi connectivity index (χ4v) is 3.84. The summed E-state index contributed by atoms with van der Waals surface area (Å²) in [4.78, 5) is 0.0795. The molecule has 0 radical (unpaired) electrons. The molecule has 1 aromatic rings. The minimum absolute atomic E-state index is 0.0795. The van der Waals surface area contributed by atoms with Crippen LogP contribution in [0.25, 0.3) is 0 Å². The van der Waals surface area contributed by atoms with Gasteiger partial charge in [-0.3, -0.25) is 0 Å². The second-order valence-corrected chi connectivity index (χ2v) is 6.80. The lowest BCUT2D eigenvalue weighted by atomic mass is 9.93. The van der Waals surface area contributed by atoms with Crippen LogP contribution < -0.4 is 10.5 Å². The van der Waals surface area contributed by atoms with Gasteiger partial charge in [0.15, 0.2) is 0 Å². The topological polar surface area (TPSA) is 92.4 Å². The number of aryl methyl sites for hydroxylation is 1. The molecule has 0 spiro atoms. The van der Waals surface area contributed by atoms with Crippen molar-refractivity contribution in [2.24, 2.45) is 0 Å². The van der Waals surface area contributed by atoms with E-state index < -0.39 is 22.2 Å². The van der Waals surface area contributed by atoms with Gasteiger partial charge in [0.2, 0.25) is 10.0 Å². The average Bonchev–Trinajstić information content (AvgIpc) is 2.31. The smallest absolute Gasteiger partial charge is 0.242 e. The molecule has 0 amide bonds. The van der Waals surface area contributed by atoms with E-state index in [1.54, 1.807) is 12.1 Å². The number of anilines is 1. The first kappa shape index (κ1) is 14.3. The molecule has 0 aromatic heterocycles. The summed E-state index contributed by atoms with van der Waals surface area (Å²) in [7, 11) is -3.68. The van der Waals surface area contributed by atoms with Crippen molar-refractivity contribution in [3.05, 3.63) is 23.8 Å². The highest BCUT2D eigenvalue weighted by molar-refractivity contribution is 7.89. The first-order valence-corrected chi connectivity index (χ1v) is 7.95. The molecule has 0 heterocycles. The molecule has 1 aliphatic carbocycles. The minimum atomic E-state index is -3.68. The van der Waals surface area contributed by atoms with Gasteiger partial charge in [0.25, 0.3) is 0 Å². The first-order valence-electron chi connectivity index (χ1n) is 6.46. The van der Waals surface area contributed by atoms with E-state index in [1.165, 1.54) is 6.07 Å². The summed E-state index contributed by atoms with van der Waals surface area (Å²) >= 11 is 0. The Bertz CT molecular complexity index is 557. The molecule has 1 aliphatic rings. The molecule has 2 rings (SSSR count). The van der Waals surface area contributed by atoms with Gasteiger partial charge >= 0.3 is 0 Å². The van der Waals surface area contributed by atoms with E-state index in [2.05, 4.69) is 4.72 Å². The van der Waals surface area contributed by atoms with E-state index in [9.17, 15) is 13.5 Å². The van der Waals surface area contributed by atoms with E-state index in [0.29, 0.717) is 12.8 Å². The van der Waals surface area contributed by atoms with Gasteiger partial charge < -0.3 is 10.8 Å². The molecule has 5 nitrogen and oxygen atoms in total. The second-order valence-electron chi connectivity index (χ2n) is 5.12. The Kier molecular flexibility index (Phi) is 4.13. The number of benzene rings is 1. The van der Waals surface area contributed by atoms with E-state index in [-0.39, 0.29) is 10.6 Å². The Hall–Kier alpha value is -1.11. The highest BCUT2D eigenvalue weighted by Gasteiger charge is 2.28. The quantitative estimate of drug-likeness (QED) is 0.726. The molecule has 1 fully saturated rings. The van der Waals surface area contributed by atoms with Gasteiger partial charge in [-0.05, 0) is 37.5 Å². The number of aliphatic hydroxyl groups excluding tert-OH is 1. The minimum Gasteiger partial charge on any atom is -0.398 e. The Morgan fingerprint density at radius 2 is 2.00 bits per heavy atom. The molecule has 6 heteroatoms. The summed E-state index contributed by atoms with van der Waals surface area (Å²) in [6.45, 7) is 1.85. The highest BCUT2D eigenvalue weighted by atomic mass is 32.2. The summed E-state index contributed by atoms with van der Waals surface area (Å²) in [6, 6.07) is 4.43. The van der Waals surface area contributed by atoms with Crippen molar-refractivity contribution in [1.29, 1.82) is 0 Å². The van der Waals surface area contributed by atoms with Crippen LogP contribution in [0.5, 0.6) is 0 Å². The molecule has 0 unspecified atom stereocenters. The van der Waals surface area contributed by atoms with Gasteiger partial charge in [-0.1, -0.05) is 18.9 Å². The van der Waals surface area contributed by atoms with Crippen LogP contribution in [0.15, 0.2) is 23.1 Å². The standard InChI is InChI=1S/C13H20N2O3S/c1-9-6-7-13(10(14)8-9)19(17,18)15-11-4-2-3-5-12(11)16/h6-8,11-12,15-16H,2-5,14H2,1H3/t11-,12-/m0/s1. The molecule has 4 N–H and O–H groups in total. The van der Waals surface area contributed by atoms with Crippen LogP contribution in [-0.4, -0.2) is 25.7 Å². The summed E-state index contributed by atoms with van der Waals surface area (Å²) in [5, 5.41) is 9.83. The summed E-state index contributed by atoms with van der Waals surface area (Å²) in [5.41, 5.74) is 6.91. The summed E-state index contributed by atoms with van der Waals surface area (Å²) in [6.07, 6.45) is 2.54. The third-order valence-electron chi connectivity index (χ3n) is 3.49. The highest BCUT2D eigenvalue weighted by Crippen LogP contribution is 2.23. The normalized spacial score (nSPS) is 24.3. The van der Waals surface area contributed by atoms with Crippen LogP contribution in [0, 0.1) is 6.92 Å². The maximum Gasteiger partial charge on any atom is 0.242 e. The number of rotatable bonds is 3. The summed E-state index contributed by atoms with van der Waals surface area (Å²) in [5.74, 6) is 0. The third-order valence-corrected chi connectivity index (χ3v) is 5.05. The van der Waals surface area contributed by atoms with E-state index in [4.69, 9.17) is 5.73 Å². The number of nitrogens with two attached hydrogens (primary N) is 1. The van der Waals surface area contributed by atoms with Gasteiger partial charge in [0, 0.05) is 6.04 Å². The maximum atomic E-state index is 12.3. The van der Waals surface area contributed by atoms with Crippen molar-refractivity contribution >= 4 is 15.7 Å². The maximum absolute atomic E-state index is 12.3. The van der Waals surface area contributed by atoms with Crippen LogP contribution >= 0.6 is 0 Å². The molecule has 0 saturated heterocycles. The molecule has 1 aromatic carbocycles. The zero-order valence-corrected chi connectivity index (χ0v) is 11.8. The van der Waals surface area contributed by atoms with E-state index in [1.807, 2.05) is 6.92 Å². The molecule has 0 aliphatic heterocycles. The predicted molar refractivity (Wildman–Crippen MR) is 74.2 cm³/mol. The van der Waals surface area contributed by atoms with Crippen LogP contribution in [0.3, 0.4) is 0 Å². The Balaban J connectivity index is 2.22. The SMILES string of the molecule is Cc1ccc(S(=O)(=O)N[C@H]2CCCC[C@@H]2O)c(N)c1. The van der Waals surface area contributed by atoms with Gasteiger partial charge in [0.1, 0.15) is 4.90 Å². The van der Waals surface area contributed by atoms with Crippen LogP contribution in [0.4, 0.5) is 5.69 Å². The van der Waals surface area contributed by atoms with Crippen molar-refractivity contribution in [2.45, 2.75) is 49.6 Å². The van der Waals surface area contributed by atoms with E-state index in [0.717, 1.165) is 18.4 Å². The van der Waals surface area contributed by atoms with Crippen molar-refractivity contribution < 1.29 is 13.5 Å². The van der Waals surface area contributed by atoms with Crippen LogP contribution in [0.1, 0.15) is 31.2 Å². The molecule has 2 atom stereocenters. The number of hydrogen-bond donors (Lipinski definition) is 3. The number of nitrogen functional groups attached to an aromatic ring is 1. The third kappa shape index (κ3) is 3.26. The van der Waals surface area contributed by atoms with Gasteiger partial charge in [-0.15, -0.1) is 0 Å². The van der Waals surface area contributed by atoms with Crippen molar-refractivity contribution in [3.8, 4) is 0 Å². The lowest BCUT2D eigenvalue weighted by Crippen LogP contribution is -2.45. The fraction of sp³-hybridized carbons (Fsp3) is 0.538. The lowest BCUT2D eigenvalue weighted by molar-refractivity contribution is 0.101. The Morgan fingerprint density at radius 3 is 2.63 bits per heavy atom. The second kappa shape index (κ2) is 5.48. The van der Waals surface area contributed by atoms with Crippen LogP contribution in [-0.2, 0) is 10.0 Å². The fourth-order valence-electron chi connectivity index (χ4n) is 2.42. The molecule has 0 bridgehead atoms. The summed E-state index contributed by atoms with van der Waals surface area (Å²) < 4.78 is 27.1. The molecular formula is C13H20N2O3S. The number of hydrogen-bond acceptors (Lipinski definition) is 4. The molecule has 106 valence electrons. The first-order chi connectivity index (χ1) is 8.90. The Labute approximate surface area is 113 Å². The van der Waals surface area contributed by atoms with Crippen molar-refractivity contribution in [1.82, 2.24) is 4.72 Å². The van der Waals surface area contributed by atoms with Crippen molar-refractivity contribution in [3.63, 3.8) is 0 Å². The van der Waals surface area contributed by atoms with Crippen molar-refractivity contribution in [2.75, 3.05) is 5.73 Å². The number of sulfonamides is 1. The predicted octanol–water partition coefficient (Wildman–Crippen LogP) is 1.16. The van der Waals surface area contributed by atoms with Crippen LogP contribution in [0.2, 0.25) is 0 Å². The number of aliphatic hydroxyl groups is 1. The van der Waals surface area contributed by atoms with Gasteiger partial charge in [0.05, 0.1) is 11.8 Å². The Morgan fingerprint density at radius 1 is 1.32 bits per heavy atom. The lowest BCUT2D eigenvalue weighted by Gasteiger charge is -2.28. The zero-order chi connectivity index (χ0) is 14.0. The molecular weight excluding hydrogens is 264 g/mol. The van der Waals surface area contributed by atoms with Gasteiger partial charge in [-0.2, -0.15) is 0 Å². The largest absolute Gasteiger partial charge is 0.398 e. The monoisotopic (exact) mass is 284 g/mol. The number of nitrogens with one attached hydrogen (secondary N) is 1. The molecule has 19 heavy (non-hydrogen) atoms. The average molecular weight is 284 g/mol. The van der Waals surface area contributed by atoms with Gasteiger partial charge in [-0.25, -0.2) is 13.1 Å².